The van der Waals surface area contributed by atoms with Crippen molar-refractivity contribution in [3.63, 3.8) is 0 Å². The number of nitro benzene ring substituents is 2. The minimum atomic E-state index is -0.734. The maximum atomic E-state index is 12.3. The fourth-order valence-electron chi connectivity index (χ4n) is 2.55. The number of amides is 1. The van der Waals surface area contributed by atoms with Crippen molar-refractivity contribution >= 4 is 40.6 Å². The summed E-state index contributed by atoms with van der Waals surface area (Å²) in [5.74, 6) is -0.262. The molecule has 2 aromatic carbocycles. The van der Waals surface area contributed by atoms with Crippen molar-refractivity contribution in [3.8, 4) is 17.4 Å². The lowest BCUT2D eigenvalue weighted by molar-refractivity contribution is -0.385. The van der Waals surface area contributed by atoms with E-state index in [9.17, 15) is 30.3 Å². The molecule has 0 aliphatic heterocycles. The first-order chi connectivity index (χ1) is 14.8. The molecule has 1 N–H and O–H groups in total. The molecule has 0 atom stereocenters. The molecule has 0 spiro atoms. The van der Waals surface area contributed by atoms with Gasteiger partial charge in [-0.2, -0.15) is 5.26 Å². The molecular formula is C20H11ClN4O6. The van der Waals surface area contributed by atoms with Crippen molar-refractivity contribution in [2.75, 3.05) is 5.32 Å². The lowest BCUT2D eigenvalue weighted by Crippen LogP contribution is -2.13. The molecule has 0 radical (unpaired) electrons. The normalized spacial score (nSPS) is 10.9. The Bertz CT molecular complexity index is 1260. The van der Waals surface area contributed by atoms with Crippen LogP contribution in [-0.4, -0.2) is 15.8 Å². The molecule has 154 valence electrons. The number of carbonyl (C=O) groups excluding carboxylic acids is 1. The maximum absolute atomic E-state index is 12.3. The number of benzene rings is 2. The van der Waals surface area contributed by atoms with Crippen molar-refractivity contribution in [2.45, 2.75) is 0 Å². The van der Waals surface area contributed by atoms with Crippen LogP contribution in [0.15, 0.2) is 64.6 Å². The Morgan fingerprint density at radius 3 is 2.26 bits per heavy atom. The maximum Gasteiger partial charge on any atom is 0.270 e. The van der Waals surface area contributed by atoms with Gasteiger partial charge in [-0.05, 0) is 30.3 Å². The van der Waals surface area contributed by atoms with Crippen molar-refractivity contribution in [1.82, 2.24) is 0 Å². The summed E-state index contributed by atoms with van der Waals surface area (Å²) < 4.78 is 5.59. The highest BCUT2D eigenvalue weighted by Gasteiger charge is 2.15. The minimum Gasteiger partial charge on any atom is -0.457 e. The Hall–Kier alpha value is -4.49. The number of nitrogens with one attached hydrogen (secondary N) is 1. The number of carbonyl (C=O) groups is 1. The van der Waals surface area contributed by atoms with Crippen LogP contribution in [0.2, 0.25) is 5.02 Å². The number of non-ortho nitro benzene ring substituents is 2. The highest BCUT2D eigenvalue weighted by molar-refractivity contribution is 6.33. The number of nitro groups is 2. The van der Waals surface area contributed by atoms with Crippen LogP contribution in [0.3, 0.4) is 0 Å². The summed E-state index contributed by atoms with van der Waals surface area (Å²) in [4.78, 5) is 32.7. The van der Waals surface area contributed by atoms with Crippen LogP contribution >= 0.6 is 11.6 Å². The van der Waals surface area contributed by atoms with E-state index in [0.29, 0.717) is 11.3 Å². The van der Waals surface area contributed by atoms with Gasteiger partial charge >= 0.3 is 0 Å². The number of hydrogen-bond acceptors (Lipinski definition) is 7. The molecule has 3 rings (SSSR count). The Morgan fingerprint density at radius 1 is 1.03 bits per heavy atom. The summed E-state index contributed by atoms with van der Waals surface area (Å²) in [6.07, 6.45) is 1.21. The van der Waals surface area contributed by atoms with Gasteiger partial charge in [0.15, 0.2) is 0 Å². The van der Waals surface area contributed by atoms with Crippen molar-refractivity contribution in [3.05, 3.63) is 91.2 Å². The minimum absolute atomic E-state index is 0.107. The number of nitriles is 1. The third kappa shape index (κ3) is 4.92. The second-order valence-electron chi connectivity index (χ2n) is 6.05. The largest absolute Gasteiger partial charge is 0.457 e. The van der Waals surface area contributed by atoms with E-state index in [-0.39, 0.29) is 33.4 Å². The van der Waals surface area contributed by atoms with Crippen LogP contribution in [0.25, 0.3) is 17.4 Å². The topological polar surface area (TPSA) is 152 Å². The fourth-order valence-corrected chi connectivity index (χ4v) is 2.82. The van der Waals surface area contributed by atoms with Gasteiger partial charge in [-0.1, -0.05) is 11.6 Å². The molecule has 0 bridgehead atoms. The van der Waals surface area contributed by atoms with Gasteiger partial charge in [0.2, 0.25) is 0 Å². The molecular weight excluding hydrogens is 428 g/mol. The zero-order chi connectivity index (χ0) is 22.5. The molecule has 1 heterocycles. The summed E-state index contributed by atoms with van der Waals surface area (Å²) in [5, 5.41) is 33.4. The Kier molecular flexibility index (Phi) is 6.09. The molecule has 0 saturated heterocycles. The van der Waals surface area contributed by atoms with Gasteiger partial charge in [-0.3, -0.25) is 25.0 Å². The third-order valence-electron chi connectivity index (χ3n) is 4.04. The monoisotopic (exact) mass is 438 g/mol. The zero-order valence-electron chi connectivity index (χ0n) is 15.4. The van der Waals surface area contributed by atoms with Gasteiger partial charge in [0.05, 0.1) is 14.9 Å². The van der Waals surface area contributed by atoms with E-state index in [1.807, 2.05) is 0 Å². The molecule has 0 saturated carbocycles. The third-order valence-corrected chi connectivity index (χ3v) is 4.36. The van der Waals surface area contributed by atoms with Gasteiger partial charge in [0, 0.05) is 41.6 Å². The molecule has 0 unspecified atom stereocenters. The average Bonchev–Trinajstić information content (AvgIpc) is 3.20. The Morgan fingerprint density at radius 2 is 1.68 bits per heavy atom. The summed E-state index contributed by atoms with van der Waals surface area (Å²) in [7, 11) is 0. The number of furan rings is 1. The quantitative estimate of drug-likeness (QED) is 0.247. The van der Waals surface area contributed by atoms with Gasteiger partial charge in [0.1, 0.15) is 23.2 Å². The summed E-state index contributed by atoms with van der Waals surface area (Å²) in [6, 6.07) is 13.8. The van der Waals surface area contributed by atoms with E-state index in [4.69, 9.17) is 16.0 Å². The lowest BCUT2D eigenvalue weighted by Gasteiger charge is -2.03. The van der Waals surface area contributed by atoms with Gasteiger partial charge in [0.25, 0.3) is 17.3 Å². The first-order valence-electron chi connectivity index (χ1n) is 8.50. The fraction of sp³-hybridized carbons (Fsp3) is 0. The Labute approximate surface area is 179 Å². The van der Waals surface area contributed by atoms with Crippen LogP contribution in [0, 0.1) is 31.6 Å². The van der Waals surface area contributed by atoms with E-state index >= 15 is 0 Å². The predicted octanol–water partition coefficient (Wildman–Crippen LogP) is 4.96. The first kappa shape index (κ1) is 21.2. The van der Waals surface area contributed by atoms with E-state index in [1.165, 1.54) is 54.6 Å². The number of nitrogens with zero attached hydrogens (tertiary/aromatic N) is 3. The van der Waals surface area contributed by atoms with E-state index in [2.05, 4.69) is 5.32 Å². The van der Waals surface area contributed by atoms with Crippen molar-refractivity contribution in [2.24, 2.45) is 0 Å². The van der Waals surface area contributed by atoms with Crippen LogP contribution < -0.4 is 5.32 Å². The summed E-state index contributed by atoms with van der Waals surface area (Å²) in [5.41, 5.74) is 0.0986. The zero-order valence-corrected chi connectivity index (χ0v) is 16.2. The first-order valence-corrected chi connectivity index (χ1v) is 8.88. The number of rotatable bonds is 6. The van der Waals surface area contributed by atoms with Gasteiger partial charge < -0.3 is 9.73 Å². The SMILES string of the molecule is N#C/C(=C\c1ccc(-c2ccc([N+](=O)[O-])cc2Cl)o1)C(=O)Nc1ccc([N+](=O)[O-])cc1. The number of halogens is 1. The molecule has 0 fully saturated rings. The molecule has 0 aliphatic carbocycles. The summed E-state index contributed by atoms with van der Waals surface area (Å²) >= 11 is 6.08. The smallest absolute Gasteiger partial charge is 0.270 e. The van der Waals surface area contributed by atoms with Crippen LogP contribution in [0.5, 0.6) is 0 Å². The van der Waals surface area contributed by atoms with E-state index < -0.39 is 15.8 Å². The highest BCUT2D eigenvalue weighted by Crippen LogP contribution is 2.32. The highest BCUT2D eigenvalue weighted by atomic mass is 35.5. The second kappa shape index (κ2) is 8.89. The molecule has 1 amide bonds. The van der Waals surface area contributed by atoms with Crippen molar-refractivity contribution in [1.29, 1.82) is 5.26 Å². The molecule has 0 aliphatic rings. The predicted molar refractivity (Wildman–Crippen MR) is 111 cm³/mol. The van der Waals surface area contributed by atoms with E-state index in [0.717, 1.165) is 0 Å². The van der Waals surface area contributed by atoms with Crippen LogP contribution in [-0.2, 0) is 4.79 Å². The standard InChI is InChI=1S/C20H11ClN4O6/c21-18-10-15(25(29)30)5-7-17(18)19-8-6-16(31-19)9-12(11-22)20(26)23-13-1-3-14(4-2-13)24(27)28/h1-10H,(H,23,26)/b12-9+. The van der Waals surface area contributed by atoms with Crippen molar-refractivity contribution < 1.29 is 19.1 Å². The van der Waals surface area contributed by atoms with Gasteiger partial charge in [-0.25, -0.2) is 0 Å². The number of hydrogen-bond donors (Lipinski definition) is 1. The molecule has 10 nitrogen and oxygen atoms in total. The lowest BCUT2D eigenvalue weighted by atomic mass is 10.1. The van der Waals surface area contributed by atoms with Crippen LogP contribution in [0.1, 0.15) is 5.76 Å². The molecule has 1 aromatic heterocycles. The second-order valence-corrected chi connectivity index (χ2v) is 6.46. The summed E-state index contributed by atoms with van der Waals surface area (Å²) in [6.45, 7) is 0. The molecule has 3 aromatic rings. The molecule has 11 heteroatoms. The number of anilines is 1. The Balaban J connectivity index is 1.79. The average molecular weight is 439 g/mol. The van der Waals surface area contributed by atoms with Crippen LogP contribution in [0.4, 0.5) is 17.1 Å². The van der Waals surface area contributed by atoms with Gasteiger partial charge in [-0.15, -0.1) is 0 Å². The molecule has 31 heavy (non-hydrogen) atoms. The van der Waals surface area contributed by atoms with E-state index in [1.54, 1.807) is 12.1 Å².